The summed E-state index contributed by atoms with van der Waals surface area (Å²) in [5.41, 5.74) is -0.455. The van der Waals surface area contributed by atoms with Gasteiger partial charge in [-0.3, -0.25) is 0 Å². The Morgan fingerprint density at radius 1 is 0.680 bits per heavy atom. The summed E-state index contributed by atoms with van der Waals surface area (Å²) in [4.78, 5) is 0. The van der Waals surface area contributed by atoms with Gasteiger partial charge in [-0.05, 0) is 5.56 Å². The number of aliphatic hydroxyl groups is 1. The Balaban J connectivity index is 3.21. The van der Waals surface area contributed by atoms with Crippen LogP contribution in [0.25, 0.3) is 0 Å². The Labute approximate surface area is 133 Å². The first-order valence-electron chi connectivity index (χ1n) is 6.30. The summed E-state index contributed by atoms with van der Waals surface area (Å²) in [6.07, 6.45) is -12.2. The Hall–Kier alpha value is -1.59. The molecule has 12 heteroatoms. The molecule has 0 aliphatic carbocycles. The van der Waals surface area contributed by atoms with E-state index in [0.717, 1.165) is 24.3 Å². The zero-order valence-corrected chi connectivity index (χ0v) is 11.8. The van der Waals surface area contributed by atoms with Gasteiger partial charge in [0.25, 0.3) is 0 Å². The van der Waals surface area contributed by atoms with Crippen molar-refractivity contribution >= 4 is 0 Å². The third-order valence-electron chi connectivity index (χ3n) is 3.24. The summed E-state index contributed by atoms with van der Waals surface area (Å²) in [7, 11) is 0. The fourth-order valence-electron chi connectivity index (χ4n) is 1.77. The van der Waals surface area contributed by atoms with Crippen molar-refractivity contribution in [1.29, 1.82) is 0 Å². The molecule has 0 bridgehead atoms. The van der Waals surface area contributed by atoms with Crippen LogP contribution in [-0.4, -0.2) is 35.0 Å². The topological polar surface area (TPSA) is 20.2 Å². The van der Waals surface area contributed by atoms with Crippen molar-refractivity contribution in [2.75, 3.05) is 0 Å². The van der Waals surface area contributed by atoms with Crippen molar-refractivity contribution in [1.82, 2.24) is 0 Å². The van der Waals surface area contributed by atoms with Gasteiger partial charge in [0.2, 0.25) is 0 Å². The molecular formula is C13H9F11O. The molecule has 0 saturated heterocycles. The van der Waals surface area contributed by atoms with Gasteiger partial charge >= 0.3 is 29.9 Å². The molecule has 0 saturated carbocycles. The smallest absolute Gasteiger partial charge is 0.388 e. The maximum atomic E-state index is 13.5. The van der Waals surface area contributed by atoms with E-state index in [0.29, 0.717) is 0 Å². The summed E-state index contributed by atoms with van der Waals surface area (Å²) in [6.45, 7) is 0. The van der Waals surface area contributed by atoms with Crippen LogP contribution < -0.4 is 0 Å². The minimum absolute atomic E-state index is 0.455. The summed E-state index contributed by atoms with van der Waals surface area (Å²) in [5.74, 6) is -28.1. The van der Waals surface area contributed by atoms with E-state index in [-0.39, 0.29) is 0 Å². The minimum Gasteiger partial charge on any atom is -0.388 e. The van der Waals surface area contributed by atoms with Crippen molar-refractivity contribution in [3.63, 3.8) is 0 Å². The molecule has 0 fully saturated rings. The SMILES string of the molecule is OC(CC(F)(F)C(F)(F)C(F)(F)C(F)(F)C(F)(F)F)c1ccccc1. The Morgan fingerprint density at radius 3 is 1.52 bits per heavy atom. The monoisotopic (exact) mass is 390 g/mol. The van der Waals surface area contributed by atoms with Gasteiger partial charge in [-0.2, -0.15) is 48.3 Å². The summed E-state index contributed by atoms with van der Waals surface area (Å²) < 4.78 is 141. The largest absolute Gasteiger partial charge is 0.460 e. The Kier molecular flexibility index (Phi) is 5.40. The van der Waals surface area contributed by atoms with Gasteiger partial charge in [-0.1, -0.05) is 30.3 Å². The maximum Gasteiger partial charge on any atom is 0.460 e. The second kappa shape index (κ2) is 6.29. The predicted molar refractivity (Wildman–Crippen MR) is 61.9 cm³/mol. The van der Waals surface area contributed by atoms with E-state index in [1.54, 1.807) is 0 Å². The highest BCUT2D eigenvalue weighted by Gasteiger charge is 2.87. The first kappa shape index (κ1) is 21.5. The van der Waals surface area contributed by atoms with Crippen LogP contribution in [0.4, 0.5) is 48.3 Å². The zero-order chi connectivity index (χ0) is 19.9. The molecule has 1 unspecified atom stereocenters. The molecule has 1 N–H and O–H groups in total. The van der Waals surface area contributed by atoms with Crippen LogP contribution in [0.5, 0.6) is 0 Å². The molecule has 144 valence electrons. The van der Waals surface area contributed by atoms with Crippen LogP contribution in [0.1, 0.15) is 18.1 Å². The van der Waals surface area contributed by atoms with Crippen molar-refractivity contribution in [3.8, 4) is 0 Å². The number of hydrogen-bond acceptors (Lipinski definition) is 1. The molecule has 1 rings (SSSR count). The zero-order valence-electron chi connectivity index (χ0n) is 11.8. The van der Waals surface area contributed by atoms with Gasteiger partial charge in [0.15, 0.2) is 0 Å². The lowest BCUT2D eigenvalue weighted by Gasteiger charge is -2.37. The van der Waals surface area contributed by atoms with Crippen LogP contribution in [0.15, 0.2) is 30.3 Å². The van der Waals surface area contributed by atoms with Gasteiger partial charge in [0.05, 0.1) is 6.10 Å². The summed E-state index contributed by atoms with van der Waals surface area (Å²) in [5, 5.41) is 9.38. The molecule has 1 atom stereocenters. The van der Waals surface area contributed by atoms with Crippen molar-refractivity contribution in [3.05, 3.63) is 35.9 Å². The fourth-order valence-corrected chi connectivity index (χ4v) is 1.77. The number of hydrogen-bond donors (Lipinski definition) is 1. The van der Waals surface area contributed by atoms with E-state index in [9.17, 15) is 53.4 Å². The van der Waals surface area contributed by atoms with Crippen molar-refractivity contribution in [2.24, 2.45) is 0 Å². The molecule has 0 aliphatic rings. The molecule has 1 nitrogen and oxygen atoms in total. The van der Waals surface area contributed by atoms with Gasteiger partial charge in [-0.15, -0.1) is 0 Å². The van der Waals surface area contributed by atoms with Gasteiger partial charge in [0, 0.05) is 6.42 Å². The predicted octanol–water partition coefficient (Wildman–Crippen LogP) is 5.21. The van der Waals surface area contributed by atoms with E-state index in [1.165, 1.54) is 6.07 Å². The lowest BCUT2D eigenvalue weighted by atomic mass is 9.92. The molecule has 0 heterocycles. The van der Waals surface area contributed by atoms with Crippen LogP contribution in [-0.2, 0) is 0 Å². The molecule has 0 radical (unpaired) electrons. The number of alkyl halides is 11. The third-order valence-corrected chi connectivity index (χ3v) is 3.24. The second-order valence-electron chi connectivity index (χ2n) is 5.06. The molecule has 25 heavy (non-hydrogen) atoms. The van der Waals surface area contributed by atoms with Crippen LogP contribution in [0, 0.1) is 0 Å². The van der Waals surface area contributed by atoms with E-state index in [4.69, 9.17) is 0 Å². The summed E-state index contributed by atoms with van der Waals surface area (Å²) >= 11 is 0. The fraction of sp³-hybridized carbons (Fsp3) is 0.538. The number of aliphatic hydroxyl groups excluding tert-OH is 1. The molecular weight excluding hydrogens is 381 g/mol. The highest BCUT2D eigenvalue weighted by Crippen LogP contribution is 2.58. The van der Waals surface area contributed by atoms with Crippen LogP contribution in [0.3, 0.4) is 0 Å². The minimum atomic E-state index is -7.46. The molecule has 0 spiro atoms. The Morgan fingerprint density at radius 2 is 1.12 bits per heavy atom. The van der Waals surface area contributed by atoms with Gasteiger partial charge in [0.1, 0.15) is 0 Å². The van der Waals surface area contributed by atoms with Gasteiger partial charge in [-0.25, -0.2) is 0 Å². The quantitative estimate of drug-likeness (QED) is 0.661. The first-order valence-corrected chi connectivity index (χ1v) is 6.30. The van der Waals surface area contributed by atoms with Crippen LogP contribution in [0.2, 0.25) is 0 Å². The lowest BCUT2D eigenvalue weighted by molar-refractivity contribution is -0.423. The highest BCUT2D eigenvalue weighted by molar-refractivity contribution is 5.18. The molecule has 1 aromatic rings. The molecule has 0 aliphatic heterocycles. The number of benzene rings is 1. The maximum absolute atomic E-state index is 13.5. The van der Waals surface area contributed by atoms with Crippen molar-refractivity contribution in [2.45, 2.75) is 42.4 Å². The first-order chi connectivity index (χ1) is 11.0. The van der Waals surface area contributed by atoms with E-state index in [2.05, 4.69) is 0 Å². The standard InChI is InChI=1S/C13H9F11O/c14-9(15,6-8(25)7-4-2-1-3-5-7)10(16,17)11(18,19)12(20,21)13(22,23)24/h1-5,8,25H,6H2. The average molecular weight is 390 g/mol. The average Bonchev–Trinajstić information content (AvgIpc) is 2.45. The number of rotatable bonds is 6. The van der Waals surface area contributed by atoms with Gasteiger partial charge < -0.3 is 5.11 Å². The van der Waals surface area contributed by atoms with Crippen LogP contribution >= 0.6 is 0 Å². The molecule has 0 aromatic heterocycles. The normalized spacial score (nSPS) is 16.0. The molecule has 0 amide bonds. The van der Waals surface area contributed by atoms with E-state index in [1.807, 2.05) is 0 Å². The molecule has 1 aromatic carbocycles. The lowest BCUT2D eigenvalue weighted by Crippen LogP contribution is -2.66. The van der Waals surface area contributed by atoms with E-state index >= 15 is 0 Å². The van der Waals surface area contributed by atoms with E-state index < -0.39 is 48.0 Å². The summed E-state index contributed by atoms with van der Waals surface area (Å²) in [6, 6.07) is 5.49. The highest BCUT2D eigenvalue weighted by atomic mass is 19.4. The second-order valence-corrected chi connectivity index (χ2v) is 5.06. The third kappa shape index (κ3) is 3.53. The number of halogens is 11. The van der Waals surface area contributed by atoms with Crippen molar-refractivity contribution < 1.29 is 53.4 Å². The Bertz CT molecular complexity index is 579.